The fraction of sp³-hybridized carbons (Fsp3) is 0.318. The van der Waals surface area contributed by atoms with Crippen LogP contribution < -0.4 is 20.1 Å². The van der Waals surface area contributed by atoms with Crippen LogP contribution in [0.25, 0.3) is 0 Å². The Balaban J connectivity index is 1.56. The topological polar surface area (TPSA) is 103 Å². The van der Waals surface area contributed by atoms with E-state index in [2.05, 4.69) is 10.6 Å². The zero-order valence-electron chi connectivity index (χ0n) is 17.7. The lowest BCUT2D eigenvalue weighted by Crippen LogP contribution is -2.43. The molecule has 0 aromatic heterocycles. The van der Waals surface area contributed by atoms with Gasteiger partial charge in [-0.1, -0.05) is 23.2 Å². The van der Waals surface area contributed by atoms with E-state index >= 15 is 0 Å². The number of fused-ring (bicyclic) bond motifs is 1. The molecule has 0 radical (unpaired) electrons. The number of amides is 2. The summed E-state index contributed by atoms with van der Waals surface area (Å²) in [6.07, 6.45) is 2.20. The van der Waals surface area contributed by atoms with Crippen molar-refractivity contribution in [1.29, 1.82) is 0 Å². The third-order valence-corrected chi connectivity index (χ3v) is 5.74. The summed E-state index contributed by atoms with van der Waals surface area (Å²) in [6.45, 7) is 0.375. The third kappa shape index (κ3) is 7.18. The number of esters is 1. The van der Waals surface area contributed by atoms with E-state index in [9.17, 15) is 14.4 Å². The van der Waals surface area contributed by atoms with E-state index in [0.717, 1.165) is 0 Å². The predicted octanol–water partition coefficient (Wildman–Crippen LogP) is 3.80. The van der Waals surface area contributed by atoms with Crippen molar-refractivity contribution in [3.8, 4) is 11.5 Å². The van der Waals surface area contributed by atoms with Crippen LogP contribution in [0, 0.1) is 0 Å². The number of rotatable bonds is 9. The Morgan fingerprint density at radius 1 is 1.09 bits per heavy atom. The molecule has 0 bridgehead atoms. The minimum absolute atomic E-state index is 0.163. The molecule has 1 aliphatic heterocycles. The van der Waals surface area contributed by atoms with Crippen molar-refractivity contribution < 1.29 is 28.6 Å². The van der Waals surface area contributed by atoms with Crippen LogP contribution in [0.15, 0.2) is 36.4 Å². The van der Waals surface area contributed by atoms with Gasteiger partial charge in [-0.3, -0.25) is 9.59 Å². The largest absolute Gasteiger partial charge is 0.486 e. The van der Waals surface area contributed by atoms with E-state index in [0.29, 0.717) is 47.6 Å². The minimum Gasteiger partial charge on any atom is -0.486 e. The van der Waals surface area contributed by atoms with E-state index < -0.39 is 30.4 Å². The normalized spacial score (nSPS) is 13.1. The summed E-state index contributed by atoms with van der Waals surface area (Å²) < 4.78 is 16.1. The van der Waals surface area contributed by atoms with Crippen LogP contribution in [0.2, 0.25) is 10.0 Å². The Hall–Kier alpha value is -2.62. The molecule has 0 fully saturated rings. The maximum Gasteiger partial charge on any atom is 0.329 e. The highest BCUT2D eigenvalue weighted by Crippen LogP contribution is 2.32. The summed E-state index contributed by atoms with van der Waals surface area (Å²) in [5.74, 6) is -0.0794. The molecule has 33 heavy (non-hydrogen) atoms. The molecule has 176 valence electrons. The Morgan fingerprint density at radius 2 is 1.85 bits per heavy atom. The number of thioether (sulfide) groups is 1. The van der Waals surface area contributed by atoms with E-state index in [1.165, 1.54) is 30.0 Å². The Kier molecular flexibility index (Phi) is 9.11. The van der Waals surface area contributed by atoms with Gasteiger partial charge in [0, 0.05) is 16.8 Å². The Bertz CT molecular complexity index is 1040. The Morgan fingerprint density at radius 3 is 2.58 bits per heavy atom. The van der Waals surface area contributed by atoms with Crippen molar-refractivity contribution in [2.24, 2.45) is 0 Å². The molecule has 11 heteroatoms. The molecule has 2 aromatic rings. The first-order chi connectivity index (χ1) is 15.9. The van der Waals surface area contributed by atoms with Crippen LogP contribution in [-0.4, -0.2) is 55.7 Å². The quantitative estimate of drug-likeness (QED) is 0.492. The summed E-state index contributed by atoms with van der Waals surface area (Å²) in [5.41, 5.74) is 0.657. The van der Waals surface area contributed by atoms with Crippen molar-refractivity contribution in [2.45, 2.75) is 12.5 Å². The van der Waals surface area contributed by atoms with Gasteiger partial charge in [-0.2, -0.15) is 11.8 Å². The second-order valence-corrected chi connectivity index (χ2v) is 8.78. The number of hydrogen-bond acceptors (Lipinski definition) is 7. The molecule has 2 N–H and O–H groups in total. The van der Waals surface area contributed by atoms with Crippen LogP contribution in [0.4, 0.5) is 5.69 Å². The van der Waals surface area contributed by atoms with Gasteiger partial charge in [0.25, 0.3) is 11.8 Å². The van der Waals surface area contributed by atoms with Crippen LogP contribution >= 0.6 is 35.0 Å². The number of nitrogens with one attached hydrogen (secondary N) is 2. The van der Waals surface area contributed by atoms with Crippen LogP contribution in [0.3, 0.4) is 0 Å². The molecular weight excluding hydrogens is 491 g/mol. The van der Waals surface area contributed by atoms with Crippen LogP contribution in [-0.2, 0) is 14.3 Å². The molecule has 0 saturated carbocycles. The van der Waals surface area contributed by atoms with Crippen LogP contribution in [0.5, 0.6) is 11.5 Å². The zero-order valence-corrected chi connectivity index (χ0v) is 20.0. The van der Waals surface area contributed by atoms with E-state index in [1.807, 2.05) is 6.26 Å². The van der Waals surface area contributed by atoms with Crippen molar-refractivity contribution in [2.75, 3.05) is 37.1 Å². The molecule has 0 unspecified atom stereocenters. The first-order valence-electron chi connectivity index (χ1n) is 9.98. The minimum atomic E-state index is -0.946. The first-order valence-corrected chi connectivity index (χ1v) is 12.1. The molecule has 2 amide bonds. The van der Waals surface area contributed by atoms with Gasteiger partial charge < -0.3 is 24.8 Å². The van der Waals surface area contributed by atoms with Crippen molar-refractivity contribution in [3.63, 3.8) is 0 Å². The number of carbonyl (C=O) groups is 3. The predicted molar refractivity (Wildman–Crippen MR) is 128 cm³/mol. The molecule has 3 rings (SSSR count). The highest BCUT2D eigenvalue weighted by molar-refractivity contribution is 7.98. The van der Waals surface area contributed by atoms with Gasteiger partial charge >= 0.3 is 5.97 Å². The standard InChI is InChI=1S/C22H22Cl2N2O6S/c1-33-9-6-17(26-21(28)15-4-2-13(23)10-16(15)24)22(29)32-12-20(27)25-14-3-5-18-19(11-14)31-8-7-30-18/h2-5,10-11,17H,6-9,12H2,1H3,(H,25,27)(H,26,28)/t17-/m1/s1. The van der Waals surface area contributed by atoms with Gasteiger partial charge in [0.2, 0.25) is 0 Å². The zero-order chi connectivity index (χ0) is 23.8. The monoisotopic (exact) mass is 512 g/mol. The molecule has 1 atom stereocenters. The van der Waals surface area contributed by atoms with Gasteiger partial charge in [0.05, 0.1) is 10.6 Å². The highest BCUT2D eigenvalue weighted by atomic mass is 35.5. The van der Waals surface area contributed by atoms with Gasteiger partial charge in [-0.05, 0) is 48.8 Å². The lowest BCUT2D eigenvalue weighted by Gasteiger charge is -2.19. The summed E-state index contributed by atoms with van der Waals surface area (Å²) in [4.78, 5) is 37.4. The molecule has 0 spiro atoms. The smallest absolute Gasteiger partial charge is 0.329 e. The van der Waals surface area contributed by atoms with Gasteiger partial charge in [0.1, 0.15) is 19.3 Å². The molecule has 8 nitrogen and oxygen atoms in total. The van der Waals surface area contributed by atoms with Crippen molar-refractivity contribution >= 4 is 58.4 Å². The molecule has 0 aliphatic carbocycles. The fourth-order valence-corrected chi connectivity index (χ4v) is 3.92. The summed E-state index contributed by atoms with van der Waals surface area (Å²) in [6, 6.07) is 8.47. The van der Waals surface area contributed by atoms with Gasteiger partial charge in [0.15, 0.2) is 18.1 Å². The third-order valence-electron chi connectivity index (χ3n) is 4.55. The van der Waals surface area contributed by atoms with E-state index in [4.69, 9.17) is 37.4 Å². The average Bonchev–Trinajstić information content (AvgIpc) is 2.80. The number of ether oxygens (including phenoxy) is 3. The Labute approximate surface area is 205 Å². The van der Waals surface area contributed by atoms with E-state index in [-0.39, 0.29) is 10.6 Å². The molecular formula is C22H22Cl2N2O6S. The summed E-state index contributed by atoms with van der Waals surface area (Å²) in [5, 5.41) is 5.81. The van der Waals surface area contributed by atoms with Crippen molar-refractivity contribution in [1.82, 2.24) is 5.32 Å². The molecule has 1 aliphatic rings. The summed E-state index contributed by atoms with van der Waals surface area (Å²) in [7, 11) is 0. The average molecular weight is 513 g/mol. The SMILES string of the molecule is CSCC[C@@H](NC(=O)c1ccc(Cl)cc1Cl)C(=O)OCC(=O)Nc1ccc2c(c1)OCCO2. The van der Waals surface area contributed by atoms with Crippen LogP contribution in [0.1, 0.15) is 16.8 Å². The molecule has 2 aromatic carbocycles. The maximum atomic E-state index is 12.6. The van der Waals surface area contributed by atoms with Gasteiger partial charge in [-0.25, -0.2) is 4.79 Å². The number of halogens is 2. The number of carbonyl (C=O) groups excluding carboxylic acids is 3. The second-order valence-electron chi connectivity index (χ2n) is 6.95. The first kappa shape index (κ1) is 25.0. The lowest BCUT2D eigenvalue weighted by molar-refractivity contribution is -0.149. The molecule has 0 saturated heterocycles. The maximum absolute atomic E-state index is 12.6. The number of benzene rings is 2. The highest BCUT2D eigenvalue weighted by Gasteiger charge is 2.24. The summed E-state index contributed by atoms with van der Waals surface area (Å²) >= 11 is 13.5. The van der Waals surface area contributed by atoms with Gasteiger partial charge in [-0.15, -0.1) is 0 Å². The lowest BCUT2D eigenvalue weighted by atomic mass is 10.1. The second kappa shape index (κ2) is 12.0. The molecule has 1 heterocycles. The number of anilines is 1. The fourth-order valence-electron chi connectivity index (χ4n) is 2.95. The number of hydrogen-bond donors (Lipinski definition) is 2. The van der Waals surface area contributed by atoms with Crippen molar-refractivity contribution in [3.05, 3.63) is 52.0 Å². The van der Waals surface area contributed by atoms with E-state index in [1.54, 1.807) is 18.2 Å².